The first kappa shape index (κ1) is 11.9. The maximum atomic E-state index is 11.7. The third-order valence-corrected chi connectivity index (χ3v) is 3.31. The lowest BCUT2D eigenvalue weighted by atomic mass is 10.2. The summed E-state index contributed by atoms with van der Waals surface area (Å²) in [6.07, 6.45) is 0.832. The lowest BCUT2D eigenvalue weighted by Crippen LogP contribution is -2.05. The number of rotatable bonds is 4. The lowest BCUT2D eigenvalue weighted by molar-refractivity contribution is 0.0505. The average molecular weight is 250 g/mol. The van der Waals surface area contributed by atoms with E-state index in [1.54, 1.807) is 6.07 Å². The van der Waals surface area contributed by atoms with Crippen LogP contribution in [-0.4, -0.2) is 24.6 Å². The van der Waals surface area contributed by atoms with Crippen LogP contribution < -0.4 is 5.32 Å². The Morgan fingerprint density at radius 2 is 2.35 bits per heavy atom. The summed E-state index contributed by atoms with van der Waals surface area (Å²) in [5, 5.41) is 3.84. The van der Waals surface area contributed by atoms with Crippen LogP contribution in [0.4, 0.5) is 5.13 Å². The van der Waals surface area contributed by atoms with Gasteiger partial charge in [-0.25, -0.2) is 9.78 Å². The van der Waals surface area contributed by atoms with E-state index < -0.39 is 0 Å². The lowest BCUT2D eigenvalue weighted by Gasteiger charge is -2.02. The normalized spacial score (nSPS) is 10.5. The van der Waals surface area contributed by atoms with Gasteiger partial charge < -0.3 is 10.1 Å². The van der Waals surface area contributed by atoms with Crippen LogP contribution in [0.3, 0.4) is 0 Å². The van der Waals surface area contributed by atoms with Crippen LogP contribution in [0.5, 0.6) is 0 Å². The molecule has 0 fully saturated rings. The first-order valence-electron chi connectivity index (χ1n) is 5.50. The highest BCUT2D eigenvalue weighted by molar-refractivity contribution is 7.22. The van der Waals surface area contributed by atoms with Crippen molar-refractivity contribution < 1.29 is 9.53 Å². The fraction of sp³-hybridized carbons (Fsp3) is 0.333. The first-order chi connectivity index (χ1) is 8.24. The molecule has 4 nitrogen and oxygen atoms in total. The van der Waals surface area contributed by atoms with E-state index >= 15 is 0 Å². The Labute approximate surface area is 104 Å². The molecule has 1 N–H and O–H groups in total. The Balaban J connectivity index is 2.27. The van der Waals surface area contributed by atoms with Crippen molar-refractivity contribution in [3.63, 3.8) is 0 Å². The number of hydrogen-bond acceptors (Lipinski definition) is 5. The molecule has 0 saturated carbocycles. The SMILES string of the molecule is CCCOC(=O)c1ccc2nc(NC)sc2c1. The summed E-state index contributed by atoms with van der Waals surface area (Å²) in [5.41, 5.74) is 1.48. The van der Waals surface area contributed by atoms with Crippen LogP contribution in [0.2, 0.25) is 0 Å². The van der Waals surface area contributed by atoms with Gasteiger partial charge in [0.15, 0.2) is 5.13 Å². The number of nitrogens with zero attached hydrogens (tertiary/aromatic N) is 1. The van der Waals surface area contributed by atoms with Gasteiger partial charge in [0.25, 0.3) is 0 Å². The zero-order valence-electron chi connectivity index (χ0n) is 9.82. The number of hydrogen-bond donors (Lipinski definition) is 1. The summed E-state index contributed by atoms with van der Waals surface area (Å²) in [5.74, 6) is -0.270. The van der Waals surface area contributed by atoms with Crippen molar-refractivity contribution in [3.05, 3.63) is 23.8 Å². The molecule has 17 heavy (non-hydrogen) atoms. The largest absolute Gasteiger partial charge is 0.462 e. The summed E-state index contributed by atoms with van der Waals surface area (Å²) < 4.78 is 6.08. The number of ether oxygens (including phenoxy) is 1. The van der Waals surface area contributed by atoms with Gasteiger partial charge in [-0.2, -0.15) is 0 Å². The molecule has 0 aliphatic carbocycles. The van der Waals surface area contributed by atoms with Crippen molar-refractivity contribution in [2.45, 2.75) is 13.3 Å². The molecule has 0 saturated heterocycles. The molecule has 2 rings (SSSR count). The van der Waals surface area contributed by atoms with Gasteiger partial charge in [-0.05, 0) is 24.6 Å². The quantitative estimate of drug-likeness (QED) is 0.848. The number of carbonyl (C=O) groups excluding carboxylic acids is 1. The Hall–Kier alpha value is -1.62. The average Bonchev–Trinajstić information content (AvgIpc) is 2.77. The molecule has 0 aliphatic rings. The van der Waals surface area contributed by atoms with E-state index in [2.05, 4.69) is 10.3 Å². The Morgan fingerprint density at radius 3 is 3.06 bits per heavy atom. The van der Waals surface area contributed by atoms with Crippen molar-refractivity contribution in [2.24, 2.45) is 0 Å². The Morgan fingerprint density at radius 1 is 1.53 bits per heavy atom. The van der Waals surface area contributed by atoms with Crippen molar-refractivity contribution in [1.82, 2.24) is 4.98 Å². The highest BCUT2D eigenvalue weighted by Gasteiger charge is 2.09. The van der Waals surface area contributed by atoms with Gasteiger partial charge in [-0.3, -0.25) is 0 Å². The number of aromatic nitrogens is 1. The van der Waals surface area contributed by atoms with E-state index in [1.165, 1.54) is 11.3 Å². The van der Waals surface area contributed by atoms with Gasteiger partial charge >= 0.3 is 5.97 Å². The van der Waals surface area contributed by atoms with Crippen molar-refractivity contribution in [3.8, 4) is 0 Å². The van der Waals surface area contributed by atoms with E-state index in [1.807, 2.05) is 26.1 Å². The topological polar surface area (TPSA) is 51.2 Å². The summed E-state index contributed by atoms with van der Waals surface area (Å²) in [6, 6.07) is 5.42. The molecule has 0 atom stereocenters. The van der Waals surface area contributed by atoms with Crippen molar-refractivity contribution in [2.75, 3.05) is 19.0 Å². The monoisotopic (exact) mass is 250 g/mol. The molecular weight excluding hydrogens is 236 g/mol. The van der Waals surface area contributed by atoms with Crippen LogP contribution in [0.1, 0.15) is 23.7 Å². The van der Waals surface area contributed by atoms with E-state index in [9.17, 15) is 4.79 Å². The van der Waals surface area contributed by atoms with E-state index in [0.29, 0.717) is 12.2 Å². The van der Waals surface area contributed by atoms with Gasteiger partial charge in [-0.15, -0.1) is 0 Å². The maximum absolute atomic E-state index is 11.7. The van der Waals surface area contributed by atoms with Crippen molar-refractivity contribution in [1.29, 1.82) is 0 Å². The maximum Gasteiger partial charge on any atom is 0.338 e. The molecular formula is C12H14N2O2S. The predicted octanol–water partition coefficient (Wildman–Crippen LogP) is 2.90. The Kier molecular flexibility index (Phi) is 3.58. The van der Waals surface area contributed by atoms with Gasteiger partial charge in [-0.1, -0.05) is 18.3 Å². The number of benzene rings is 1. The summed E-state index contributed by atoms with van der Waals surface area (Å²) in [4.78, 5) is 16.0. The van der Waals surface area contributed by atoms with E-state index in [4.69, 9.17) is 4.74 Å². The van der Waals surface area contributed by atoms with Crippen LogP contribution in [0, 0.1) is 0 Å². The second-order valence-corrected chi connectivity index (χ2v) is 4.62. The third-order valence-electron chi connectivity index (χ3n) is 2.28. The molecule has 1 heterocycles. The second kappa shape index (κ2) is 5.14. The number of nitrogens with one attached hydrogen (secondary N) is 1. The van der Waals surface area contributed by atoms with E-state index in [-0.39, 0.29) is 5.97 Å². The fourth-order valence-corrected chi connectivity index (χ4v) is 2.30. The smallest absolute Gasteiger partial charge is 0.338 e. The van der Waals surface area contributed by atoms with Crippen LogP contribution >= 0.6 is 11.3 Å². The molecule has 1 aromatic heterocycles. The highest BCUT2D eigenvalue weighted by atomic mass is 32.1. The minimum Gasteiger partial charge on any atom is -0.462 e. The number of carbonyl (C=O) groups is 1. The molecule has 90 valence electrons. The van der Waals surface area contributed by atoms with Crippen LogP contribution in [0.15, 0.2) is 18.2 Å². The zero-order valence-corrected chi connectivity index (χ0v) is 10.6. The van der Waals surface area contributed by atoms with E-state index in [0.717, 1.165) is 21.8 Å². The minimum atomic E-state index is -0.270. The zero-order chi connectivity index (χ0) is 12.3. The van der Waals surface area contributed by atoms with Gasteiger partial charge in [0, 0.05) is 7.05 Å². The highest BCUT2D eigenvalue weighted by Crippen LogP contribution is 2.26. The molecule has 1 aromatic carbocycles. The van der Waals surface area contributed by atoms with Crippen LogP contribution in [-0.2, 0) is 4.74 Å². The fourth-order valence-electron chi connectivity index (χ4n) is 1.44. The summed E-state index contributed by atoms with van der Waals surface area (Å²) in [7, 11) is 1.83. The third kappa shape index (κ3) is 2.55. The van der Waals surface area contributed by atoms with Crippen molar-refractivity contribution >= 4 is 32.7 Å². The minimum absolute atomic E-state index is 0.270. The molecule has 0 spiro atoms. The molecule has 0 radical (unpaired) electrons. The molecule has 2 aromatic rings. The standard InChI is InChI=1S/C12H14N2O2S/c1-3-6-16-11(15)8-4-5-9-10(7-8)17-12(13-2)14-9/h4-5,7H,3,6H2,1-2H3,(H,13,14). The second-order valence-electron chi connectivity index (χ2n) is 3.59. The molecule has 0 amide bonds. The number of fused-ring (bicyclic) bond motifs is 1. The molecule has 0 aliphatic heterocycles. The predicted molar refractivity (Wildman–Crippen MR) is 69.7 cm³/mol. The van der Waals surface area contributed by atoms with Gasteiger partial charge in [0.2, 0.25) is 0 Å². The number of thiazole rings is 1. The molecule has 5 heteroatoms. The number of anilines is 1. The van der Waals surface area contributed by atoms with Crippen LogP contribution in [0.25, 0.3) is 10.2 Å². The molecule has 0 unspecified atom stereocenters. The first-order valence-corrected chi connectivity index (χ1v) is 6.31. The summed E-state index contributed by atoms with van der Waals surface area (Å²) >= 11 is 1.52. The molecule has 0 bridgehead atoms. The number of esters is 1. The van der Waals surface area contributed by atoms with Gasteiger partial charge in [0.1, 0.15) is 0 Å². The van der Waals surface area contributed by atoms with Gasteiger partial charge in [0.05, 0.1) is 22.4 Å². The summed E-state index contributed by atoms with van der Waals surface area (Å²) in [6.45, 7) is 2.43. The Bertz CT molecular complexity index is 536.